The average Bonchev–Trinajstić information content (AvgIpc) is 3.03. The smallest absolute Gasteiger partial charge is 0.220 e. The molecule has 3 aliphatic rings. The zero-order chi connectivity index (χ0) is 19.4. The summed E-state index contributed by atoms with van der Waals surface area (Å²) in [4.78, 5) is 11.4. The quantitative estimate of drug-likeness (QED) is 0.702. The predicted octanol–water partition coefficient (Wildman–Crippen LogP) is 4.18. The summed E-state index contributed by atoms with van der Waals surface area (Å²) in [6, 6.07) is 6.56. The highest BCUT2D eigenvalue weighted by Crippen LogP contribution is 2.62. The molecule has 1 fully saturated rings. The summed E-state index contributed by atoms with van der Waals surface area (Å²) in [6.45, 7) is 8.74. The topological polar surface area (TPSA) is 50.8 Å². The SMILES string of the molecule is CC1CCC2(CC1)Cc1ccc(C#CC(C)(C)C)cc1C21N=C(N)N(C)O1. The van der Waals surface area contributed by atoms with E-state index in [2.05, 4.69) is 57.7 Å². The first kappa shape index (κ1) is 18.4. The van der Waals surface area contributed by atoms with Crippen molar-refractivity contribution in [2.75, 3.05) is 7.05 Å². The van der Waals surface area contributed by atoms with Gasteiger partial charge in [0.05, 0.1) is 0 Å². The van der Waals surface area contributed by atoms with Crippen molar-refractivity contribution in [2.45, 2.75) is 65.5 Å². The molecule has 0 amide bonds. The predicted molar refractivity (Wildman–Crippen MR) is 109 cm³/mol. The number of aliphatic imine (C=N–C) groups is 1. The molecule has 2 aliphatic carbocycles. The minimum absolute atomic E-state index is 0.00664. The largest absolute Gasteiger partial charge is 0.368 e. The fraction of sp³-hybridized carbons (Fsp3) is 0.609. The van der Waals surface area contributed by atoms with E-state index in [1.807, 2.05) is 7.05 Å². The van der Waals surface area contributed by atoms with Crippen LogP contribution in [0.15, 0.2) is 23.2 Å². The zero-order valence-electron chi connectivity index (χ0n) is 17.2. The monoisotopic (exact) mass is 365 g/mol. The van der Waals surface area contributed by atoms with Crippen molar-refractivity contribution in [1.82, 2.24) is 5.06 Å². The first-order chi connectivity index (χ1) is 12.6. The number of nitrogens with two attached hydrogens (primary N) is 1. The van der Waals surface area contributed by atoms with Gasteiger partial charge in [-0.05, 0) is 76.5 Å². The van der Waals surface area contributed by atoms with Gasteiger partial charge in [-0.25, -0.2) is 14.9 Å². The van der Waals surface area contributed by atoms with Crippen molar-refractivity contribution in [2.24, 2.45) is 27.5 Å². The molecular formula is C23H31N3O. The van der Waals surface area contributed by atoms with Gasteiger partial charge in [0.2, 0.25) is 11.7 Å². The molecule has 4 rings (SSSR count). The molecule has 1 atom stereocenters. The summed E-state index contributed by atoms with van der Waals surface area (Å²) in [5.41, 5.74) is 8.97. The lowest BCUT2D eigenvalue weighted by Gasteiger charge is -2.44. The Labute approximate surface area is 163 Å². The van der Waals surface area contributed by atoms with E-state index < -0.39 is 5.72 Å². The number of fused-ring (bicyclic) bond motifs is 3. The molecule has 1 aromatic rings. The maximum absolute atomic E-state index is 6.43. The molecule has 1 saturated carbocycles. The number of nitrogens with zero attached hydrogens (tertiary/aromatic N) is 2. The van der Waals surface area contributed by atoms with Gasteiger partial charge in [-0.2, -0.15) is 0 Å². The van der Waals surface area contributed by atoms with Crippen LogP contribution in [0.3, 0.4) is 0 Å². The second-order valence-corrected chi connectivity index (χ2v) is 9.71. The van der Waals surface area contributed by atoms with Crippen molar-refractivity contribution in [1.29, 1.82) is 0 Å². The Hall–Kier alpha value is -1.99. The Bertz CT molecular complexity index is 847. The Morgan fingerprint density at radius 3 is 2.56 bits per heavy atom. The average molecular weight is 366 g/mol. The highest BCUT2D eigenvalue weighted by Gasteiger charge is 2.63. The molecule has 27 heavy (non-hydrogen) atoms. The van der Waals surface area contributed by atoms with Gasteiger partial charge >= 0.3 is 0 Å². The third kappa shape index (κ3) is 2.93. The van der Waals surface area contributed by atoms with Gasteiger partial charge < -0.3 is 5.73 Å². The Kier molecular flexibility index (Phi) is 4.09. The van der Waals surface area contributed by atoms with E-state index >= 15 is 0 Å². The van der Waals surface area contributed by atoms with Gasteiger partial charge in [-0.15, -0.1) is 0 Å². The van der Waals surface area contributed by atoms with Gasteiger partial charge in [0.1, 0.15) is 0 Å². The van der Waals surface area contributed by atoms with Crippen molar-refractivity contribution in [3.8, 4) is 11.8 Å². The van der Waals surface area contributed by atoms with E-state index in [1.165, 1.54) is 18.4 Å². The third-order valence-corrected chi connectivity index (χ3v) is 6.40. The second-order valence-electron chi connectivity index (χ2n) is 9.71. The minimum atomic E-state index is -0.694. The number of hydroxylamine groups is 2. The maximum Gasteiger partial charge on any atom is 0.220 e. The van der Waals surface area contributed by atoms with Crippen LogP contribution in [0.2, 0.25) is 0 Å². The highest BCUT2D eigenvalue weighted by molar-refractivity contribution is 5.79. The van der Waals surface area contributed by atoms with Crippen LogP contribution in [0.5, 0.6) is 0 Å². The normalized spacial score (nSPS) is 32.4. The molecular weight excluding hydrogens is 334 g/mol. The Morgan fingerprint density at radius 1 is 1.26 bits per heavy atom. The lowest BCUT2D eigenvalue weighted by Crippen LogP contribution is -2.45. The minimum Gasteiger partial charge on any atom is -0.368 e. The summed E-state index contributed by atoms with van der Waals surface area (Å²) in [5.74, 6) is 7.92. The molecule has 1 aliphatic heterocycles. The van der Waals surface area contributed by atoms with Gasteiger partial charge in [0.15, 0.2) is 0 Å². The van der Waals surface area contributed by atoms with Crippen molar-refractivity contribution < 1.29 is 4.84 Å². The van der Waals surface area contributed by atoms with Crippen LogP contribution in [0.1, 0.15) is 70.1 Å². The van der Waals surface area contributed by atoms with Crippen LogP contribution in [-0.2, 0) is 17.0 Å². The van der Waals surface area contributed by atoms with E-state index in [0.29, 0.717) is 5.96 Å². The Morgan fingerprint density at radius 2 is 1.96 bits per heavy atom. The molecule has 4 heteroatoms. The molecule has 0 saturated heterocycles. The van der Waals surface area contributed by atoms with E-state index in [4.69, 9.17) is 15.6 Å². The molecule has 0 bridgehead atoms. The van der Waals surface area contributed by atoms with Crippen LogP contribution >= 0.6 is 0 Å². The lowest BCUT2D eigenvalue weighted by atomic mass is 9.65. The van der Waals surface area contributed by atoms with Crippen molar-refractivity contribution >= 4 is 5.96 Å². The zero-order valence-corrected chi connectivity index (χ0v) is 17.2. The van der Waals surface area contributed by atoms with Crippen LogP contribution in [0, 0.1) is 28.6 Å². The number of guanidine groups is 1. The first-order valence-corrected chi connectivity index (χ1v) is 10.1. The Balaban J connectivity index is 1.82. The van der Waals surface area contributed by atoms with Crippen molar-refractivity contribution in [3.63, 3.8) is 0 Å². The van der Waals surface area contributed by atoms with Crippen LogP contribution in [-0.4, -0.2) is 18.1 Å². The summed E-state index contributed by atoms with van der Waals surface area (Å²) >= 11 is 0. The standard InChI is InChI=1S/C23H31N3O/c1-16-8-12-22(13-9-16)15-18-7-6-17(10-11-21(2,3)4)14-19(18)23(22)25-20(24)26(5)27-23/h6-7,14,16H,8-9,12-13,15H2,1-5H3,(H2,24,25). The molecule has 1 heterocycles. The summed E-state index contributed by atoms with van der Waals surface area (Å²) in [6.07, 6.45) is 5.68. The number of benzene rings is 1. The fourth-order valence-corrected chi connectivity index (χ4v) is 4.81. The van der Waals surface area contributed by atoms with Crippen LogP contribution in [0.25, 0.3) is 0 Å². The van der Waals surface area contributed by atoms with E-state index in [0.717, 1.165) is 36.3 Å². The van der Waals surface area contributed by atoms with Crippen LogP contribution < -0.4 is 5.73 Å². The molecule has 2 N–H and O–H groups in total. The van der Waals surface area contributed by atoms with E-state index in [9.17, 15) is 0 Å². The van der Waals surface area contributed by atoms with Gasteiger partial charge in [0.25, 0.3) is 0 Å². The summed E-state index contributed by atoms with van der Waals surface area (Å²) < 4.78 is 0. The number of rotatable bonds is 0. The number of hydrogen-bond acceptors (Lipinski definition) is 4. The van der Waals surface area contributed by atoms with Crippen LogP contribution in [0.4, 0.5) is 0 Å². The molecule has 4 nitrogen and oxygen atoms in total. The highest BCUT2D eigenvalue weighted by atomic mass is 16.7. The van der Waals surface area contributed by atoms with Gasteiger partial charge in [-0.1, -0.05) is 24.8 Å². The number of hydrogen-bond donors (Lipinski definition) is 1. The second kappa shape index (κ2) is 6.01. The van der Waals surface area contributed by atoms with Gasteiger partial charge in [0, 0.05) is 29.0 Å². The van der Waals surface area contributed by atoms with Gasteiger partial charge in [-0.3, -0.25) is 0 Å². The molecule has 1 unspecified atom stereocenters. The first-order valence-electron chi connectivity index (χ1n) is 10.1. The molecule has 144 valence electrons. The summed E-state index contributed by atoms with van der Waals surface area (Å²) in [7, 11) is 1.86. The fourth-order valence-electron chi connectivity index (χ4n) is 4.81. The maximum atomic E-state index is 6.43. The van der Waals surface area contributed by atoms with Crippen molar-refractivity contribution in [3.05, 3.63) is 34.9 Å². The third-order valence-electron chi connectivity index (χ3n) is 6.40. The molecule has 1 aromatic carbocycles. The van der Waals surface area contributed by atoms with E-state index in [-0.39, 0.29) is 10.8 Å². The lowest BCUT2D eigenvalue weighted by molar-refractivity contribution is -0.229. The molecule has 0 aromatic heterocycles. The summed E-state index contributed by atoms with van der Waals surface area (Å²) in [5, 5.41) is 1.64. The molecule has 2 spiro atoms. The van der Waals surface area contributed by atoms with E-state index in [1.54, 1.807) is 5.06 Å². The molecule has 0 radical (unpaired) electrons.